The highest BCUT2D eigenvalue weighted by atomic mass is 32.2. The standard InChI is InChI=1S/C20H26N2O4S/c1-5-22(6-2)17-10-8-16(9-11-17)14-21-27(24,25)18-12-7-15(3)19(13-18)20(23)26-4/h7-13,21H,5-6,14H2,1-4H3. The van der Waals surface area contributed by atoms with Gasteiger partial charge in [0.15, 0.2) is 0 Å². The number of methoxy groups -OCH3 is 1. The third kappa shape index (κ3) is 5.08. The number of carbonyl (C=O) groups excluding carboxylic acids is 1. The first-order valence-corrected chi connectivity index (χ1v) is 10.3. The summed E-state index contributed by atoms with van der Waals surface area (Å²) in [5.74, 6) is -0.559. The van der Waals surface area contributed by atoms with E-state index in [1.807, 2.05) is 24.3 Å². The Labute approximate surface area is 161 Å². The molecule has 1 N–H and O–H groups in total. The van der Waals surface area contributed by atoms with Gasteiger partial charge in [-0.05, 0) is 56.2 Å². The number of benzene rings is 2. The van der Waals surface area contributed by atoms with Gasteiger partial charge in [0.1, 0.15) is 0 Å². The number of hydrogen-bond acceptors (Lipinski definition) is 5. The Bertz CT molecular complexity index is 889. The van der Waals surface area contributed by atoms with Crippen molar-refractivity contribution in [1.29, 1.82) is 0 Å². The van der Waals surface area contributed by atoms with Crippen LogP contribution < -0.4 is 9.62 Å². The van der Waals surface area contributed by atoms with Gasteiger partial charge in [0.2, 0.25) is 10.0 Å². The van der Waals surface area contributed by atoms with Crippen molar-refractivity contribution in [2.24, 2.45) is 0 Å². The van der Waals surface area contributed by atoms with E-state index in [0.29, 0.717) is 5.56 Å². The van der Waals surface area contributed by atoms with Gasteiger partial charge >= 0.3 is 5.97 Å². The van der Waals surface area contributed by atoms with Crippen molar-refractivity contribution < 1.29 is 17.9 Å². The van der Waals surface area contributed by atoms with Gasteiger partial charge in [-0.3, -0.25) is 0 Å². The minimum atomic E-state index is -3.74. The molecule has 2 rings (SSSR count). The number of nitrogens with zero attached hydrogens (tertiary/aromatic N) is 1. The smallest absolute Gasteiger partial charge is 0.338 e. The van der Waals surface area contributed by atoms with Crippen LogP contribution in [0.2, 0.25) is 0 Å². The minimum absolute atomic E-state index is 0.0354. The number of carbonyl (C=O) groups is 1. The highest BCUT2D eigenvalue weighted by molar-refractivity contribution is 7.89. The number of hydrogen-bond donors (Lipinski definition) is 1. The zero-order valence-electron chi connectivity index (χ0n) is 16.2. The zero-order valence-corrected chi connectivity index (χ0v) is 17.0. The first-order chi connectivity index (χ1) is 12.8. The summed E-state index contributed by atoms with van der Waals surface area (Å²) in [4.78, 5) is 14.0. The van der Waals surface area contributed by atoms with Gasteiger partial charge in [-0.1, -0.05) is 18.2 Å². The second kappa shape index (κ2) is 9.01. The van der Waals surface area contributed by atoms with Gasteiger partial charge in [0, 0.05) is 25.3 Å². The number of sulfonamides is 1. The van der Waals surface area contributed by atoms with Crippen molar-refractivity contribution in [1.82, 2.24) is 4.72 Å². The summed E-state index contributed by atoms with van der Waals surface area (Å²) in [5.41, 5.74) is 2.86. The molecule has 6 nitrogen and oxygen atoms in total. The lowest BCUT2D eigenvalue weighted by Crippen LogP contribution is -2.24. The van der Waals surface area contributed by atoms with Crippen LogP contribution in [0.4, 0.5) is 5.69 Å². The van der Waals surface area contributed by atoms with Crippen molar-refractivity contribution in [3.63, 3.8) is 0 Å². The van der Waals surface area contributed by atoms with Gasteiger partial charge in [-0.25, -0.2) is 17.9 Å². The molecule has 7 heteroatoms. The van der Waals surface area contributed by atoms with Crippen LogP contribution in [0.25, 0.3) is 0 Å². The van der Waals surface area contributed by atoms with E-state index in [4.69, 9.17) is 4.74 Å². The molecule has 0 radical (unpaired) electrons. The molecule has 0 fully saturated rings. The van der Waals surface area contributed by atoms with Crippen molar-refractivity contribution in [2.45, 2.75) is 32.2 Å². The fraction of sp³-hybridized carbons (Fsp3) is 0.350. The quantitative estimate of drug-likeness (QED) is 0.701. The molecular formula is C20H26N2O4S. The first kappa shape index (κ1) is 20.9. The van der Waals surface area contributed by atoms with Crippen molar-refractivity contribution in [3.05, 3.63) is 59.2 Å². The second-order valence-electron chi connectivity index (χ2n) is 6.13. The van der Waals surface area contributed by atoms with Crippen molar-refractivity contribution in [3.8, 4) is 0 Å². The molecule has 146 valence electrons. The van der Waals surface area contributed by atoms with Crippen LogP contribution in [0, 0.1) is 6.92 Å². The van der Waals surface area contributed by atoms with Gasteiger partial charge in [-0.2, -0.15) is 0 Å². The molecule has 0 aliphatic rings. The van der Waals surface area contributed by atoms with Gasteiger partial charge < -0.3 is 9.64 Å². The Balaban J connectivity index is 2.14. The van der Waals surface area contributed by atoms with Crippen LogP contribution in [-0.2, 0) is 21.3 Å². The molecule has 0 aliphatic carbocycles. The fourth-order valence-electron chi connectivity index (χ4n) is 2.77. The Morgan fingerprint density at radius 1 is 1.07 bits per heavy atom. The van der Waals surface area contributed by atoms with Gasteiger partial charge in [0.25, 0.3) is 0 Å². The van der Waals surface area contributed by atoms with E-state index >= 15 is 0 Å². The number of nitrogens with one attached hydrogen (secondary N) is 1. The summed E-state index contributed by atoms with van der Waals surface area (Å²) in [6.45, 7) is 7.91. The van der Waals surface area contributed by atoms with E-state index < -0.39 is 16.0 Å². The number of rotatable bonds is 8. The third-order valence-electron chi connectivity index (χ3n) is 4.46. The Morgan fingerprint density at radius 2 is 1.70 bits per heavy atom. The van der Waals surface area contributed by atoms with Gasteiger partial charge in [-0.15, -0.1) is 0 Å². The summed E-state index contributed by atoms with van der Waals surface area (Å²) in [6, 6.07) is 12.2. The first-order valence-electron chi connectivity index (χ1n) is 8.84. The molecule has 0 amide bonds. The van der Waals surface area contributed by atoms with Crippen molar-refractivity contribution in [2.75, 3.05) is 25.1 Å². The molecule has 2 aromatic rings. The predicted molar refractivity (Wildman–Crippen MR) is 107 cm³/mol. The second-order valence-corrected chi connectivity index (χ2v) is 7.90. The molecule has 0 heterocycles. The monoisotopic (exact) mass is 390 g/mol. The van der Waals surface area contributed by atoms with Crippen molar-refractivity contribution >= 4 is 21.7 Å². The minimum Gasteiger partial charge on any atom is -0.465 e. The van der Waals surface area contributed by atoms with E-state index in [1.165, 1.54) is 19.2 Å². The average Bonchev–Trinajstić information content (AvgIpc) is 2.68. The zero-order chi connectivity index (χ0) is 20.0. The molecular weight excluding hydrogens is 364 g/mol. The number of ether oxygens (including phenoxy) is 1. The number of esters is 1. The van der Waals surface area contributed by atoms with E-state index in [1.54, 1.807) is 13.0 Å². The normalized spacial score (nSPS) is 11.3. The van der Waals surface area contributed by atoms with E-state index in [9.17, 15) is 13.2 Å². The topological polar surface area (TPSA) is 75.7 Å². The number of aryl methyl sites for hydroxylation is 1. The number of anilines is 1. The third-order valence-corrected chi connectivity index (χ3v) is 5.85. The lowest BCUT2D eigenvalue weighted by Gasteiger charge is -2.21. The predicted octanol–water partition coefficient (Wildman–Crippen LogP) is 3.11. The summed E-state index contributed by atoms with van der Waals surface area (Å²) >= 11 is 0. The molecule has 0 atom stereocenters. The molecule has 0 bridgehead atoms. The molecule has 2 aromatic carbocycles. The van der Waals surface area contributed by atoms with E-state index in [2.05, 4.69) is 23.5 Å². The van der Waals surface area contributed by atoms with Gasteiger partial charge in [0.05, 0.1) is 17.6 Å². The highest BCUT2D eigenvalue weighted by Gasteiger charge is 2.18. The maximum Gasteiger partial charge on any atom is 0.338 e. The molecule has 0 aliphatic heterocycles. The molecule has 0 saturated carbocycles. The summed E-state index contributed by atoms with van der Waals surface area (Å²) in [7, 11) is -2.48. The molecule has 0 saturated heterocycles. The van der Waals surface area contributed by atoms with Crippen LogP contribution in [0.1, 0.15) is 35.3 Å². The Hall–Kier alpha value is -2.38. The van der Waals surface area contributed by atoms with Crippen LogP contribution >= 0.6 is 0 Å². The van der Waals surface area contributed by atoms with Crippen LogP contribution in [-0.4, -0.2) is 34.6 Å². The Morgan fingerprint density at radius 3 is 2.26 bits per heavy atom. The lowest BCUT2D eigenvalue weighted by molar-refractivity contribution is 0.0599. The largest absolute Gasteiger partial charge is 0.465 e. The highest BCUT2D eigenvalue weighted by Crippen LogP contribution is 2.18. The van der Waals surface area contributed by atoms with Crippen LogP contribution in [0.15, 0.2) is 47.4 Å². The average molecular weight is 391 g/mol. The summed E-state index contributed by atoms with van der Waals surface area (Å²) in [6.07, 6.45) is 0. The maximum absolute atomic E-state index is 12.6. The summed E-state index contributed by atoms with van der Waals surface area (Å²) in [5, 5.41) is 0. The summed E-state index contributed by atoms with van der Waals surface area (Å²) < 4.78 is 32.4. The molecule has 27 heavy (non-hydrogen) atoms. The lowest BCUT2D eigenvalue weighted by atomic mass is 10.1. The van der Waals surface area contributed by atoms with E-state index in [0.717, 1.165) is 24.3 Å². The Kier molecular flexibility index (Phi) is 6.98. The molecule has 0 spiro atoms. The SMILES string of the molecule is CCN(CC)c1ccc(CNS(=O)(=O)c2ccc(C)c(C(=O)OC)c2)cc1. The molecule has 0 unspecified atom stereocenters. The molecule has 0 aromatic heterocycles. The fourth-order valence-corrected chi connectivity index (χ4v) is 3.82. The maximum atomic E-state index is 12.6. The van der Waals surface area contributed by atoms with Crippen LogP contribution in [0.3, 0.4) is 0 Å². The van der Waals surface area contributed by atoms with Crippen LogP contribution in [0.5, 0.6) is 0 Å². The van der Waals surface area contributed by atoms with E-state index in [-0.39, 0.29) is 17.0 Å².